The van der Waals surface area contributed by atoms with Crippen LogP contribution in [-0.4, -0.2) is 47.7 Å². The first-order valence-corrected chi connectivity index (χ1v) is 10.4. The molecule has 6 nitrogen and oxygen atoms in total. The summed E-state index contributed by atoms with van der Waals surface area (Å²) in [5.74, 6) is 3.04. The average Bonchev–Trinajstić information content (AvgIpc) is 3.31. The van der Waals surface area contributed by atoms with Crippen molar-refractivity contribution >= 4 is 5.82 Å². The van der Waals surface area contributed by atoms with Gasteiger partial charge in [0.05, 0.1) is 11.9 Å². The molecule has 1 aromatic carbocycles. The first-order valence-electron chi connectivity index (χ1n) is 10.4. The molecule has 2 aliphatic heterocycles. The van der Waals surface area contributed by atoms with Crippen LogP contribution in [0.15, 0.2) is 71.8 Å². The average molecular weight is 402 g/mol. The van der Waals surface area contributed by atoms with E-state index in [0.29, 0.717) is 12.4 Å². The number of fused-ring (bicyclic) bond motifs is 1. The number of hydrogen-bond acceptors (Lipinski definition) is 5. The number of hydrogen-bond donors (Lipinski definition) is 0. The van der Waals surface area contributed by atoms with Crippen LogP contribution in [0.3, 0.4) is 0 Å². The molecule has 2 saturated heterocycles. The first-order chi connectivity index (χ1) is 14.7. The molecule has 5 rings (SSSR count). The summed E-state index contributed by atoms with van der Waals surface area (Å²) in [7, 11) is 2.20. The third-order valence-electron chi connectivity index (χ3n) is 6.14. The maximum Gasteiger partial charge on any atom is 0.258 e. The molecule has 30 heavy (non-hydrogen) atoms. The van der Waals surface area contributed by atoms with Crippen LogP contribution in [-0.2, 0) is 6.61 Å². The van der Waals surface area contributed by atoms with Crippen LogP contribution in [0.1, 0.15) is 5.56 Å². The maximum atomic E-state index is 12.6. The Labute approximate surface area is 176 Å². The summed E-state index contributed by atoms with van der Waals surface area (Å²) < 4.78 is 7.35. The zero-order valence-electron chi connectivity index (χ0n) is 17.1. The Morgan fingerprint density at radius 3 is 2.43 bits per heavy atom. The molecule has 0 spiro atoms. The molecule has 0 radical (unpaired) electrons. The Kier molecular flexibility index (Phi) is 5.01. The number of ether oxygens (including phenoxy) is 1. The lowest BCUT2D eigenvalue weighted by Crippen LogP contribution is -2.27. The summed E-state index contributed by atoms with van der Waals surface area (Å²) in [6, 6.07) is 17.2. The van der Waals surface area contributed by atoms with E-state index in [-0.39, 0.29) is 5.56 Å². The molecular formula is C24H26N4O2. The lowest BCUT2D eigenvalue weighted by atomic mass is 10.0. The summed E-state index contributed by atoms with van der Waals surface area (Å²) >= 11 is 0. The van der Waals surface area contributed by atoms with Crippen molar-refractivity contribution in [1.29, 1.82) is 0 Å². The van der Waals surface area contributed by atoms with E-state index in [2.05, 4.69) is 21.8 Å². The highest BCUT2D eigenvalue weighted by molar-refractivity contribution is 5.45. The SMILES string of the molecule is CN1CC2CN(c3ccc(-n4ccc(OCc5ccccc5)cc4=O)cn3)C[C@H]2C1. The van der Waals surface area contributed by atoms with Gasteiger partial charge in [-0.2, -0.15) is 0 Å². The zero-order valence-corrected chi connectivity index (χ0v) is 17.1. The van der Waals surface area contributed by atoms with Gasteiger partial charge in [-0.15, -0.1) is 0 Å². The van der Waals surface area contributed by atoms with Gasteiger partial charge in [-0.25, -0.2) is 4.98 Å². The van der Waals surface area contributed by atoms with Gasteiger partial charge < -0.3 is 14.5 Å². The molecule has 0 bridgehead atoms. The van der Waals surface area contributed by atoms with E-state index in [1.165, 1.54) is 19.2 Å². The molecule has 4 heterocycles. The molecule has 3 aromatic rings. The van der Waals surface area contributed by atoms with E-state index < -0.39 is 0 Å². The second-order valence-electron chi connectivity index (χ2n) is 8.37. The minimum atomic E-state index is -0.131. The second kappa shape index (κ2) is 7.95. The largest absolute Gasteiger partial charge is 0.489 e. The molecule has 6 heteroatoms. The van der Waals surface area contributed by atoms with Crippen molar-refractivity contribution < 1.29 is 4.74 Å². The lowest BCUT2D eigenvalue weighted by Gasteiger charge is -2.20. The van der Waals surface area contributed by atoms with Crippen LogP contribution in [0, 0.1) is 11.8 Å². The van der Waals surface area contributed by atoms with Crippen LogP contribution in [0.5, 0.6) is 5.75 Å². The molecule has 2 aliphatic rings. The molecule has 2 aromatic heterocycles. The van der Waals surface area contributed by atoms with Gasteiger partial charge in [-0.3, -0.25) is 9.36 Å². The van der Waals surface area contributed by atoms with Gasteiger partial charge in [0.1, 0.15) is 18.2 Å². The van der Waals surface area contributed by atoms with Gasteiger partial charge in [-0.1, -0.05) is 30.3 Å². The highest BCUT2D eigenvalue weighted by atomic mass is 16.5. The molecule has 0 aliphatic carbocycles. The monoisotopic (exact) mass is 402 g/mol. The van der Waals surface area contributed by atoms with Gasteiger partial charge >= 0.3 is 0 Å². The molecule has 1 unspecified atom stereocenters. The van der Waals surface area contributed by atoms with Crippen LogP contribution < -0.4 is 15.2 Å². The van der Waals surface area contributed by atoms with Gasteiger partial charge in [0.2, 0.25) is 0 Å². The second-order valence-corrected chi connectivity index (χ2v) is 8.37. The third-order valence-corrected chi connectivity index (χ3v) is 6.14. The van der Waals surface area contributed by atoms with Crippen LogP contribution in [0.4, 0.5) is 5.82 Å². The van der Waals surface area contributed by atoms with Crippen molar-refractivity contribution in [2.24, 2.45) is 11.8 Å². The fourth-order valence-corrected chi connectivity index (χ4v) is 4.63. The number of anilines is 1. The Morgan fingerprint density at radius 2 is 1.77 bits per heavy atom. The summed E-state index contributed by atoms with van der Waals surface area (Å²) in [5.41, 5.74) is 1.70. The minimum Gasteiger partial charge on any atom is -0.489 e. The highest BCUT2D eigenvalue weighted by Crippen LogP contribution is 2.32. The molecule has 154 valence electrons. The Balaban J connectivity index is 1.26. The van der Waals surface area contributed by atoms with Gasteiger partial charge in [0, 0.05) is 38.4 Å². The minimum absolute atomic E-state index is 0.131. The molecule has 0 N–H and O–H groups in total. The van der Waals surface area contributed by atoms with E-state index in [1.54, 1.807) is 17.0 Å². The highest BCUT2D eigenvalue weighted by Gasteiger charge is 2.38. The smallest absolute Gasteiger partial charge is 0.258 e. The molecule has 0 saturated carbocycles. The van der Waals surface area contributed by atoms with E-state index in [1.807, 2.05) is 48.5 Å². The maximum absolute atomic E-state index is 12.6. The molecule has 0 amide bonds. The topological polar surface area (TPSA) is 50.6 Å². The lowest BCUT2D eigenvalue weighted by molar-refractivity contribution is 0.305. The van der Waals surface area contributed by atoms with Crippen LogP contribution >= 0.6 is 0 Å². The van der Waals surface area contributed by atoms with Crippen molar-refractivity contribution in [3.8, 4) is 11.4 Å². The number of rotatable bonds is 5. The number of benzene rings is 1. The quantitative estimate of drug-likeness (QED) is 0.657. The number of likely N-dealkylation sites (tertiary alicyclic amines) is 1. The van der Waals surface area contributed by atoms with Gasteiger partial charge in [-0.05, 0) is 42.6 Å². The van der Waals surface area contributed by atoms with E-state index in [0.717, 1.165) is 42.0 Å². The van der Waals surface area contributed by atoms with Crippen molar-refractivity contribution in [3.63, 3.8) is 0 Å². The summed E-state index contributed by atoms with van der Waals surface area (Å²) in [6.07, 6.45) is 3.52. The van der Waals surface area contributed by atoms with Crippen molar-refractivity contribution in [2.75, 3.05) is 38.1 Å². The van der Waals surface area contributed by atoms with Gasteiger partial charge in [0.25, 0.3) is 5.56 Å². The first kappa shape index (κ1) is 18.9. The van der Waals surface area contributed by atoms with Crippen LogP contribution in [0.2, 0.25) is 0 Å². The molecular weight excluding hydrogens is 376 g/mol. The Bertz CT molecular complexity index is 1050. The van der Waals surface area contributed by atoms with E-state index >= 15 is 0 Å². The zero-order chi connectivity index (χ0) is 20.5. The normalized spacial score (nSPS) is 21.0. The van der Waals surface area contributed by atoms with E-state index in [9.17, 15) is 4.79 Å². The number of aromatic nitrogens is 2. The predicted octanol–water partition coefficient (Wildman–Crippen LogP) is 2.81. The molecule has 2 fully saturated rings. The van der Waals surface area contributed by atoms with Crippen molar-refractivity contribution in [3.05, 3.63) is 82.9 Å². The fourth-order valence-electron chi connectivity index (χ4n) is 4.63. The Morgan fingerprint density at radius 1 is 1.00 bits per heavy atom. The summed E-state index contributed by atoms with van der Waals surface area (Å²) in [5, 5.41) is 0. The molecule has 2 atom stereocenters. The predicted molar refractivity (Wildman–Crippen MR) is 117 cm³/mol. The van der Waals surface area contributed by atoms with Crippen molar-refractivity contribution in [1.82, 2.24) is 14.5 Å². The standard InChI is InChI=1S/C24H26N4O2/c1-26-13-19-15-27(16-20(19)14-26)23-8-7-21(12-25-23)28-10-9-22(11-24(28)29)30-17-18-5-3-2-4-6-18/h2-12,19-20H,13-17H2,1H3/t19-,20?/m1/s1. The summed E-state index contributed by atoms with van der Waals surface area (Å²) in [6.45, 7) is 4.92. The fraction of sp³-hybridized carbons (Fsp3) is 0.333. The third kappa shape index (κ3) is 3.83. The Hall–Kier alpha value is -3.12. The number of nitrogens with zero attached hydrogens (tertiary/aromatic N) is 4. The number of pyridine rings is 2. The van der Waals surface area contributed by atoms with Gasteiger partial charge in [0.15, 0.2) is 0 Å². The van der Waals surface area contributed by atoms with Crippen molar-refractivity contribution in [2.45, 2.75) is 6.61 Å². The van der Waals surface area contributed by atoms with Crippen LogP contribution in [0.25, 0.3) is 5.69 Å². The summed E-state index contributed by atoms with van der Waals surface area (Å²) in [4.78, 5) is 22.0. The van der Waals surface area contributed by atoms with E-state index in [4.69, 9.17) is 4.74 Å².